The maximum absolute atomic E-state index is 5.86. The third-order valence-corrected chi connectivity index (χ3v) is 4.68. The van der Waals surface area contributed by atoms with Crippen molar-refractivity contribution >= 4 is 0 Å². The summed E-state index contributed by atoms with van der Waals surface area (Å²) >= 11 is 0. The average molecular weight is 308 g/mol. The van der Waals surface area contributed by atoms with Gasteiger partial charge in [0.05, 0.1) is 12.6 Å². The Bertz CT molecular complexity index is 482. The van der Waals surface area contributed by atoms with Crippen LogP contribution in [0.25, 0.3) is 0 Å². The van der Waals surface area contributed by atoms with E-state index < -0.39 is 0 Å². The number of aromatic nitrogens is 3. The first-order chi connectivity index (χ1) is 10.7. The van der Waals surface area contributed by atoms with E-state index >= 15 is 0 Å². The highest BCUT2D eigenvalue weighted by Crippen LogP contribution is 2.26. The first-order valence-corrected chi connectivity index (χ1v) is 8.57. The van der Waals surface area contributed by atoms with Gasteiger partial charge in [0.2, 0.25) is 0 Å². The molecule has 0 spiro atoms. The third-order valence-electron chi connectivity index (χ3n) is 4.68. The molecule has 0 unspecified atom stereocenters. The van der Waals surface area contributed by atoms with Gasteiger partial charge in [-0.2, -0.15) is 0 Å². The molecule has 1 aromatic rings. The van der Waals surface area contributed by atoms with Gasteiger partial charge in [0.15, 0.2) is 6.29 Å². The molecule has 1 saturated heterocycles. The third kappa shape index (κ3) is 3.34. The van der Waals surface area contributed by atoms with Crippen LogP contribution in [-0.4, -0.2) is 52.3 Å². The van der Waals surface area contributed by atoms with Crippen LogP contribution in [0, 0.1) is 0 Å². The normalized spacial score (nSPS) is 26.4. The van der Waals surface area contributed by atoms with Gasteiger partial charge >= 0.3 is 0 Å². The van der Waals surface area contributed by atoms with Gasteiger partial charge in [-0.15, -0.1) is 10.2 Å². The minimum absolute atomic E-state index is 0.00467. The fraction of sp³-hybridized carbons (Fsp3) is 0.875. The first kappa shape index (κ1) is 15.9. The van der Waals surface area contributed by atoms with Crippen LogP contribution in [0.1, 0.15) is 63.6 Å². The molecule has 0 amide bonds. The maximum Gasteiger partial charge on any atom is 0.157 e. The standard InChI is InChI=1S/C16H28N4O2/c1-12(2)15-17-18-16-13(3)19(7-8-20(15)16)9-11-22-14-6-4-5-10-21-14/h12-14H,4-11H2,1-3H3/t13-,14-/m0/s1. The van der Waals surface area contributed by atoms with Crippen molar-refractivity contribution in [3.05, 3.63) is 11.6 Å². The quantitative estimate of drug-likeness (QED) is 0.835. The minimum atomic E-state index is 0.00467. The Morgan fingerprint density at radius 2 is 2.14 bits per heavy atom. The lowest BCUT2D eigenvalue weighted by Gasteiger charge is -2.34. The van der Waals surface area contributed by atoms with E-state index in [1.54, 1.807) is 0 Å². The Morgan fingerprint density at radius 3 is 2.86 bits per heavy atom. The van der Waals surface area contributed by atoms with Gasteiger partial charge in [-0.3, -0.25) is 4.90 Å². The Balaban J connectivity index is 1.53. The van der Waals surface area contributed by atoms with Gasteiger partial charge in [-0.25, -0.2) is 0 Å². The zero-order valence-electron chi connectivity index (χ0n) is 14.0. The second-order valence-electron chi connectivity index (χ2n) is 6.60. The van der Waals surface area contributed by atoms with Crippen molar-refractivity contribution in [3.8, 4) is 0 Å². The molecule has 2 aliphatic heterocycles. The molecule has 0 radical (unpaired) electrons. The zero-order valence-corrected chi connectivity index (χ0v) is 14.0. The molecular weight excluding hydrogens is 280 g/mol. The highest BCUT2D eigenvalue weighted by molar-refractivity contribution is 5.06. The van der Waals surface area contributed by atoms with Crippen molar-refractivity contribution in [3.63, 3.8) is 0 Å². The summed E-state index contributed by atoms with van der Waals surface area (Å²) in [7, 11) is 0. The summed E-state index contributed by atoms with van der Waals surface area (Å²) < 4.78 is 13.8. The van der Waals surface area contributed by atoms with Crippen LogP contribution >= 0.6 is 0 Å². The molecule has 2 aliphatic rings. The number of ether oxygens (including phenoxy) is 2. The lowest BCUT2D eigenvalue weighted by atomic mass is 10.1. The van der Waals surface area contributed by atoms with Gasteiger partial charge in [0, 0.05) is 32.2 Å². The molecule has 0 saturated carbocycles. The lowest BCUT2D eigenvalue weighted by Crippen LogP contribution is -2.40. The van der Waals surface area contributed by atoms with Crippen molar-refractivity contribution in [1.82, 2.24) is 19.7 Å². The summed E-state index contributed by atoms with van der Waals surface area (Å²) in [4.78, 5) is 2.43. The zero-order chi connectivity index (χ0) is 15.5. The van der Waals surface area contributed by atoms with E-state index in [-0.39, 0.29) is 6.29 Å². The molecule has 0 aliphatic carbocycles. The van der Waals surface area contributed by atoms with E-state index in [4.69, 9.17) is 9.47 Å². The Labute approximate surface area is 132 Å². The van der Waals surface area contributed by atoms with Crippen LogP contribution < -0.4 is 0 Å². The first-order valence-electron chi connectivity index (χ1n) is 8.57. The molecular formula is C16H28N4O2. The fourth-order valence-corrected chi connectivity index (χ4v) is 3.33. The lowest BCUT2D eigenvalue weighted by molar-refractivity contribution is -0.165. The molecule has 6 nitrogen and oxygen atoms in total. The monoisotopic (exact) mass is 308 g/mol. The predicted octanol–water partition coefficient (Wildman–Crippen LogP) is 2.32. The molecule has 22 heavy (non-hydrogen) atoms. The van der Waals surface area contributed by atoms with E-state index in [2.05, 4.69) is 40.4 Å². The van der Waals surface area contributed by atoms with Crippen LogP contribution in [0.15, 0.2) is 0 Å². The van der Waals surface area contributed by atoms with Gasteiger partial charge in [0.1, 0.15) is 11.6 Å². The molecule has 2 atom stereocenters. The molecule has 6 heteroatoms. The van der Waals surface area contributed by atoms with Crippen LogP contribution in [-0.2, 0) is 16.0 Å². The minimum Gasteiger partial charge on any atom is -0.353 e. The van der Waals surface area contributed by atoms with Gasteiger partial charge in [0.25, 0.3) is 0 Å². The molecule has 3 rings (SSSR count). The van der Waals surface area contributed by atoms with Crippen LogP contribution in [0.4, 0.5) is 0 Å². The Hall–Kier alpha value is -0.980. The predicted molar refractivity (Wildman–Crippen MR) is 83.6 cm³/mol. The Morgan fingerprint density at radius 1 is 1.27 bits per heavy atom. The molecule has 3 heterocycles. The fourth-order valence-electron chi connectivity index (χ4n) is 3.33. The molecule has 1 aromatic heterocycles. The molecule has 0 aromatic carbocycles. The Kier molecular flexibility index (Phi) is 5.10. The SMILES string of the molecule is CC(C)c1nnc2n1CCN(CCO[C@H]1CCCCO1)[C@H]2C. The van der Waals surface area contributed by atoms with E-state index in [9.17, 15) is 0 Å². The number of hydrogen-bond acceptors (Lipinski definition) is 5. The molecule has 124 valence electrons. The van der Waals surface area contributed by atoms with Crippen LogP contribution in [0.2, 0.25) is 0 Å². The van der Waals surface area contributed by atoms with Gasteiger partial charge in [-0.1, -0.05) is 13.8 Å². The molecule has 0 bridgehead atoms. The molecule has 1 fully saturated rings. The van der Waals surface area contributed by atoms with Crippen molar-refractivity contribution in [1.29, 1.82) is 0 Å². The van der Waals surface area contributed by atoms with Crippen molar-refractivity contribution in [2.24, 2.45) is 0 Å². The highest BCUT2D eigenvalue weighted by Gasteiger charge is 2.28. The van der Waals surface area contributed by atoms with Crippen LogP contribution in [0.3, 0.4) is 0 Å². The summed E-state index contributed by atoms with van der Waals surface area (Å²) in [6.45, 7) is 11.0. The van der Waals surface area contributed by atoms with E-state index in [1.165, 1.54) is 6.42 Å². The summed E-state index contributed by atoms with van der Waals surface area (Å²) in [5.74, 6) is 2.61. The number of hydrogen-bond donors (Lipinski definition) is 0. The second-order valence-corrected chi connectivity index (χ2v) is 6.60. The van der Waals surface area contributed by atoms with E-state index in [0.717, 1.165) is 57.3 Å². The van der Waals surface area contributed by atoms with Crippen molar-refractivity contribution < 1.29 is 9.47 Å². The van der Waals surface area contributed by atoms with Crippen molar-refractivity contribution in [2.45, 2.75) is 64.8 Å². The second kappa shape index (κ2) is 7.06. The number of nitrogens with zero attached hydrogens (tertiary/aromatic N) is 4. The topological polar surface area (TPSA) is 52.4 Å². The van der Waals surface area contributed by atoms with Gasteiger partial charge < -0.3 is 14.0 Å². The average Bonchev–Trinajstić information content (AvgIpc) is 2.95. The van der Waals surface area contributed by atoms with Gasteiger partial charge in [-0.05, 0) is 26.2 Å². The molecule has 0 N–H and O–H groups in total. The number of rotatable bonds is 5. The summed E-state index contributed by atoms with van der Waals surface area (Å²) in [5.41, 5.74) is 0. The largest absolute Gasteiger partial charge is 0.353 e. The van der Waals surface area contributed by atoms with E-state index in [1.807, 2.05) is 0 Å². The van der Waals surface area contributed by atoms with Crippen molar-refractivity contribution in [2.75, 3.05) is 26.3 Å². The smallest absolute Gasteiger partial charge is 0.157 e. The highest BCUT2D eigenvalue weighted by atomic mass is 16.7. The summed E-state index contributed by atoms with van der Waals surface area (Å²) in [6.07, 6.45) is 3.41. The maximum atomic E-state index is 5.86. The van der Waals surface area contributed by atoms with Crippen LogP contribution in [0.5, 0.6) is 0 Å². The summed E-state index contributed by atoms with van der Waals surface area (Å²) in [6, 6.07) is 0.296. The van der Waals surface area contributed by atoms with E-state index in [0.29, 0.717) is 12.0 Å². The summed E-state index contributed by atoms with van der Waals surface area (Å²) in [5, 5.41) is 8.78. The number of fused-ring (bicyclic) bond motifs is 1.